The van der Waals surface area contributed by atoms with Gasteiger partial charge in [-0.1, -0.05) is 48.5 Å². The van der Waals surface area contributed by atoms with Crippen molar-refractivity contribution in [3.8, 4) is 11.1 Å². The Morgan fingerprint density at radius 3 is 2.25 bits per heavy atom. The molecule has 1 aliphatic heterocycles. The van der Waals surface area contributed by atoms with Gasteiger partial charge in [0, 0.05) is 12.5 Å². The predicted molar refractivity (Wildman–Crippen MR) is 109 cm³/mol. The lowest BCUT2D eigenvalue weighted by Crippen LogP contribution is -2.63. The van der Waals surface area contributed by atoms with E-state index in [1.165, 1.54) is 22.3 Å². The van der Waals surface area contributed by atoms with Crippen LogP contribution in [0.5, 0.6) is 0 Å². The van der Waals surface area contributed by atoms with Crippen molar-refractivity contribution in [2.24, 2.45) is 0 Å². The van der Waals surface area contributed by atoms with Crippen LogP contribution < -0.4 is 0 Å². The molecule has 0 spiro atoms. The van der Waals surface area contributed by atoms with Gasteiger partial charge in [-0.05, 0) is 55.4 Å². The molecule has 4 rings (SSSR count). The van der Waals surface area contributed by atoms with Crippen LogP contribution in [0.3, 0.4) is 0 Å². The van der Waals surface area contributed by atoms with Crippen LogP contribution in [-0.2, 0) is 14.3 Å². The lowest BCUT2D eigenvalue weighted by molar-refractivity contribution is -0.186. The van der Waals surface area contributed by atoms with E-state index >= 15 is 0 Å². The summed E-state index contributed by atoms with van der Waals surface area (Å²) in [5.74, 6) is 0.0824. The molecule has 4 nitrogen and oxygen atoms in total. The van der Waals surface area contributed by atoms with Crippen LogP contribution in [0.2, 0.25) is 0 Å². The summed E-state index contributed by atoms with van der Waals surface area (Å²) >= 11 is 0. The summed E-state index contributed by atoms with van der Waals surface area (Å²) in [6.45, 7) is 4.78. The van der Waals surface area contributed by atoms with E-state index in [1.54, 1.807) is 6.92 Å². The Kier molecular flexibility index (Phi) is 4.94. The van der Waals surface area contributed by atoms with Gasteiger partial charge in [-0.25, -0.2) is 0 Å². The number of carbonyl (C=O) groups excluding carboxylic acids is 2. The molecule has 4 heteroatoms. The number of aldehydes is 2. The minimum absolute atomic E-state index is 0.0824. The fourth-order valence-corrected chi connectivity index (χ4v) is 4.86. The van der Waals surface area contributed by atoms with Gasteiger partial charge < -0.3 is 9.53 Å². The van der Waals surface area contributed by atoms with Crippen molar-refractivity contribution in [2.45, 2.75) is 50.3 Å². The van der Waals surface area contributed by atoms with Gasteiger partial charge in [-0.2, -0.15) is 0 Å². The second-order valence-electron chi connectivity index (χ2n) is 8.29. The number of rotatable bonds is 6. The van der Waals surface area contributed by atoms with Crippen LogP contribution in [0.15, 0.2) is 48.5 Å². The van der Waals surface area contributed by atoms with Crippen molar-refractivity contribution in [1.29, 1.82) is 0 Å². The average Bonchev–Trinajstić information content (AvgIpc) is 3.06. The van der Waals surface area contributed by atoms with Crippen molar-refractivity contribution in [2.75, 3.05) is 13.2 Å². The molecule has 1 unspecified atom stereocenters. The van der Waals surface area contributed by atoms with E-state index in [1.807, 2.05) is 24.0 Å². The van der Waals surface area contributed by atoms with E-state index in [0.29, 0.717) is 13.2 Å². The highest BCUT2D eigenvalue weighted by atomic mass is 16.5. The third-order valence-electron chi connectivity index (χ3n) is 6.44. The molecular formula is C24H27NO3. The van der Waals surface area contributed by atoms with Gasteiger partial charge in [0.25, 0.3) is 0 Å². The van der Waals surface area contributed by atoms with Crippen LogP contribution >= 0.6 is 0 Å². The number of ether oxygens (including phenoxy) is 1. The summed E-state index contributed by atoms with van der Waals surface area (Å²) < 4.78 is 6.31. The Hall–Kier alpha value is -2.30. The molecule has 1 heterocycles. The van der Waals surface area contributed by atoms with Crippen LogP contribution in [-0.4, -0.2) is 41.9 Å². The molecule has 0 bridgehead atoms. The number of carbonyl (C=O) groups is 2. The molecular weight excluding hydrogens is 350 g/mol. The van der Waals surface area contributed by atoms with Crippen LogP contribution in [0, 0.1) is 0 Å². The molecule has 1 fully saturated rings. The first-order valence-electron chi connectivity index (χ1n) is 10.0. The van der Waals surface area contributed by atoms with Crippen LogP contribution in [0.1, 0.15) is 50.2 Å². The molecule has 1 saturated heterocycles. The number of nitrogens with zero attached hydrogens (tertiary/aromatic N) is 1. The second kappa shape index (κ2) is 7.26. The topological polar surface area (TPSA) is 46.6 Å². The fourth-order valence-electron chi connectivity index (χ4n) is 4.86. The van der Waals surface area contributed by atoms with E-state index in [9.17, 15) is 9.59 Å². The van der Waals surface area contributed by atoms with Crippen molar-refractivity contribution in [1.82, 2.24) is 4.90 Å². The molecule has 2 aliphatic rings. The van der Waals surface area contributed by atoms with Crippen molar-refractivity contribution >= 4 is 12.6 Å². The lowest BCUT2D eigenvalue weighted by Gasteiger charge is -2.49. The summed E-state index contributed by atoms with van der Waals surface area (Å²) in [4.78, 5) is 25.9. The summed E-state index contributed by atoms with van der Waals surface area (Å²) in [5.41, 5.74) is 3.13. The zero-order valence-electron chi connectivity index (χ0n) is 16.6. The molecule has 0 saturated carbocycles. The Morgan fingerprint density at radius 2 is 1.68 bits per heavy atom. The van der Waals surface area contributed by atoms with E-state index in [2.05, 4.69) is 36.4 Å². The maximum atomic E-state index is 12.1. The SMILES string of the molecule is CC(C=O)(OCC1c2ccccc2-c2ccccc21)N1CCCC[C@@]1(C)C=O. The number of benzene rings is 2. The number of likely N-dealkylation sites (tertiary alicyclic amines) is 1. The van der Waals surface area contributed by atoms with Gasteiger partial charge in [0.05, 0.1) is 12.1 Å². The number of piperidine rings is 1. The third kappa shape index (κ3) is 3.01. The molecule has 2 atom stereocenters. The third-order valence-corrected chi connectivity index (χ3v) is 6.44. The fraction of sp³-hybridized carbons (Fsp3) is 0.417. The van der Waals surface area contributed by atoms with Gasteiger partial charge in [0.15, 0.2) is 12.0 Å². The van der Waals surface area contributed by atoms with E-state index in [-0.39, 0.29) is 5.92 Å². The predicted octanol–water partition coefficient (Wildman–Crippen LogP) is 4.17. The summed E-state index contributed by atoms with van der Waals surface area (Å²) in [5, 5.41) is 0. The highest BCUT2D eigenvalue weighted by Gasteiger charge is 2.46. The maximum absolute atomic E-state index is 12.1. The second-order valence-corrected chi connectivity index (χ2v) is 8.29. The molecule has 1 aliphatic carbocycles. The Bertz CT molecular complexity index is 849. The van der Waals surface area contributed by atoms with Gasteiger partial charge >= 0.3 is 0 Å². The van der Waals surface area contributed by atoms with E-state index in [0.717, 1.165) is 31.8 Å². The molecule has 0 amide bonds. The first kappa shape index (κ1) is 19.0. The maximum Gasteiger partial charge on any atom is 0.175 e. The van der Waals surface area contributed by atoms with Crippen LogP contribution in [0.4, 0.5) is 0 Å². The Balaban J connectivity index is 1.62. The van der Waals surface area contributed by atoms with Gasteiger partial charge in [0.1, 0.15) is 6.29 Å². The summed E-state index contributed by atoms with van der Waals surface area (Å²) in [7, 11) is 0. The average molecular weight is 377 g/mol. The number of hydrogen-bond donors (Lipinski definition) is 0. The van der Waals surface area contributed by atoms with Crippen LogP contribution in [0.25, 0.3) is 11.1 Å². The first-order chi connectivity index (χ1) is 13.5. The first-order valence-corrected chi connectivity index (χ1v) is 10.0. The number of hydrogen-bond acceptors (Lipinski definition) is 4. The minimum atomic E-state index is -1.12. The molecule has 2 aromatic carbocycles. The summed E-state index contributed by atoms with van der Waals surface area (Å²) in [6, 6.07) is 16.8. The quantitative estimate of drug-likeness (QED) is 0.709. The van der Waals surface area contributed by atoms with E-state index < -0.39 is 11.3 Å². The largest absolute Gasteiger partial charge is 0.353 e. The smallest absolute Gasteiger partial charge is 0.175 e. The van der Waals surface area contributed by atoms with E-state index in [4.69, 9.17) is 4.74 Å². The molecule has 28 heavy (non-hydrogen) atoms. The molecule has 0 radical (unpaired) electrons. The monoisotopic (exact) mass is 377 g/mol. The standard InChI is InChI=1S/C24H27NO3/c1-23(16-26)13-7-8-14-25(23)24(2,17-27)28-15-22-20-11-5-3-9-18(20)19-10-4-6-12-21(19)22/h3-6,9-12,16-17,22H,7-8,13-15H2,1-2H3/t23-,24?/m0/s1. The van der Waals surface area contributed by atoms with Gasteiger partial charge in [-0.15, -0.1) is 0 Å². The van der Waals surface area contributed by atoms with Crippen molar-refractivity contribution in [3.63, 3.8) is 0 Å². The van der Waals surface area contributed by atoms with Crippen molar-refractivity contribution < 1.29 is 14.3 Å². The zero-order chi connectivity index (χ0) is 19.8. The molecule has 146 valence electrons. The normalized spacial score (nSPS) is 24.2. The molecule has 0 N–H and O–H groups in total. The highest BCUT2D eigenvalue weighted by molar-refractivity contribution is 5.78. The zero-order valence-corrected chi connectivity index (χ0v) is 16.6. The molecule has 0 aromatic heterocycles. The Morgan fingerprint density at radius 1 is 1.07 bits per heavy atom. The lowest BCUT2D eigenvalue weighted by atomic mass is 9.87. The Labute approximate surface area is 166 Å². The minimum Gasteiger partial charge on any atom is -0.353 e. The molecule has 2 aromatic rings. The highest BCUT2D eigenvalue weighted by Crippen LogP contribution is 2.45. The number of fused-ring (bicyclic) bond motifs is 3. The van der Waals surface area contributed by atoms with Gasteiger partial charge in [-0.3, -0.25) is 9.69 Å². The van der Waals surface area contributed by atoms with Gasteiger partial charge in [0.2, 0.25) is 0 Å². The van der Waals surface area contributed by atoms with Crippen molar-refractivity contribution in [3.05, 3.63) is 59.7 Å². The summed E-state index contributed by atoms with van der Waals surface area (Å²) in [6.07, 6.45) is 4.53.